The number of carbonyl (C=O) groups excluding carboxylic acids is 1. The first-order valence-corrected chi connectivity index (χ1v) is 12.4. The number of hydrogen-bond acceptors (Lipinski definition) is 7. The lowest BCUT2D eigenvalue weighted by atomic mass is 10.2. The van der Waals surface area contributed by atoms with Gasteiger partial charge in [0, 0.05) is 42.4 Å². The maximum atomic E-state index is 12.6. The largest absolute Gasteiger partial charge is 0.379 e. The van der Waals surface area contributed by atoms with Gasteiger partial charge in [0.1, 0.15) is 5.69 Å². The number of aromatic amines is 1. The van der Waals surface area contributed by atoms with Crippen LogP contribution in [0.3, 0.4) is 0 Å². The normalized spacial score (nSPS) is 14.4. The van der Waals surface area contributed by atoms with Crippen LogP contribution in [0.2, 0.25) is 4.34 Å². The smallest absolute Gasteiger partial charge is 0.267 e. The Morgan fingerprint density at radius 1 is 1.18 bits per heavy atom. The van der Waals surface area contributed by atoms with E-state index in [0.29, 0.717) is 18.2 Å². The number of carbonyl (C=O) groups is 1. The van der Waals surface area contributed by atoms with Crippen molar-refractivity contribution in [2.45, 2.75) is 6.42 Å². The van der Waals surface area contributed by atoms with E-state index in [4.69, 9.17) is 16.3 Å². The van der Waals surface area contributed by atoms with Crippen LogP contribution in [0.5, 0.6) is 0 Å². The van der Waals surface area contributed by atoms with Gasteiger partial charge in [-0.1, -0.05) is 11.6 Å². The van der Waals surface area contributed by atoms with Crippen LogP contribution in [0.15, 0.2) is 48.7 Å². The number of nitrogens with one attached hydrogen (secondary N) is 3. The predicted molar refractivity (Wildman–Crippen MR) is 136 cm³/mol. The Hall–Kier alpha value is -2.98. The average Bonchev–Trinajstić information content (AvgIpc) is 3.49. The molecule has 3 N–H and O–H groups in total. The number of hydrogen-bond donors (Lipinski definition) is 3. The maximum absolute atomic E-state index is 12.6. The molecule has 34 heavy (non-hydrogen) atoms. The minimum absolute atomic E-state index is 0.0988. The molecule has 3 aromatic heterocycles. The molecule has 176 valence electrons. The molecule has 4 aromatic rings. The fourth-order valence-corrected chi connectivity index (χ4v) is 4.91. The van der Waals surface area contributed by atoms with Crippen molar-refractivity contribution in [2.24, 2.45) is 0 Å². The SMILES string of the molecule is O=C(NCCCN1CCOCC1)c1cc2cc(Nc3nccc(-c4ccc(Cl)s4)n3)ccc2[nH]1. The van der Waals surface area contributed by atoms with Gasteiger partial charge in [-0.2, -0.15) is 0 Å². The van der Waals surface area contributed by atoms with Crippen molar-refractivity contribution in [3.05, 3.63) is 58.7 Å². The quantitative estimate of drug-likeness (QED) is 0.310. The van der Waals surface area contributed by atoms with Crippen LogP contribution < -0.4 is 10.6 Å². The molecule has 0 unspecified atom stereocenters. The molecule has 10 heteroatoms. The van der Waals surface area contributed by atoms with Gasteiger partial charge >= 0.3 is 0 Å². The Kier molecular flexibility index (Phi) is 7.05. The Balaban J connectivity index is 1.20. The average molecular weight is 497 g/mol. The second kappa shape index (κ2) is 10.5. The van der Waals surface area contributed by atoms with Crippen LogP contribution in [-0.4, -0.2) is 65.2 Å². The van der Waals surface area contributed by atoms with Crippen molar-refractivity contribution in [1.82, 2.24) is 25.2 Å². The van der Waals surface area contributed by atoms with Crippen LogP contribution in [0.1, 0.15) is 16.9 Å². The van der Waals surface area contributed by atoms with E-state index in [0.717, 1.165) is 70.8 Å². The van der Waals surface area contributed by atoms with Crippen molar-refractivity contribution < 1.29 is 9.53 Å². The lowest BCUT2D eigenvalue weighted by Gasteiger charge is -2.26. The van der Waals surface area contributed by atoms with Crippen LogP contribution in [0.4, 0.5) is 11.6 Å². The molecule has 0 atom stereocenters. The fourth-order valence-electron chi connectivity index (χ4n) is 3.89. The number of fused-ring (bicyclic) bond motifs is 1. The number of amides is 1. The molecular formula is C24H25ClN6O2S. The van der Waals surface area contributed by atoms with Gasteiger partial charge < -0.3 is 20.4 Å². The van der Waals surface area contributed by atoms with Crippen LogP contribution >= 0.6 is 22.9 Å². The standard InChI is InChI=1S/C24H25ClN6O2S/c25-22-5-4-21(34-22)19-6-8-27-24(30-19)28-17-2-3-18-16(14-17)15-20(29-18)23(32)26-7-1-9-31-10-12-33-13-11-31/h2-6,8,14-15,29H,1,7,9-13H2,(H,26,32)(H,27,28,30). The lowest BCUT2D eigenvalue weighted by Crippen LogP contribution is -2.38. The third kappa shape index (κ3) is 5.56. The van der Waals surface area contributed by atoms with Crippen molar-refractivity contribution in [3.8, 4) is 10.6 Å². The zero-order valence-electron chi connectivity index (χ0n) is 18.5. The fraction of sp³-hybridized carbons (Fsp3) is 0.292. The summed E-state index contributed by atoms with van der Waals surface area (Å²) in [6, 6.07) is 13.4. The summed E-state index contributed by atoms with van der Waals surface area (Å²) >= 11 is 7.52. The molecule has 1 saturated heterocycles. The number of ether oxygens (including phenoxy) is 1. The third-order valence-corrected chi connectivity index (χ3v) is 6.90. The first-order chi connectivity index (χ1) is 16.6. The summed E-state index contributed by atoms with van der Waals surface area (Å²) in [6.45, 7) is 5.11. The number of thiophene rings is 1. The maximum Gasteiger partial charge on any atom is 0.267 e. The Labute approximate surface area is 206 Å². The first kappa shape index (κ1) is 22.8. The van der Waals surface area contributed by atoms with Gasteiger partial charge in [-0.3, -0.25) is 9.69 Å². The molecule has 1 amide bonds. The summed E-state index contributed by atoms with van der Waals surface area (Å²) in [5, 5.41) is 7.19. The number of nitrogens with zero attached hydrogens (tertiary/aromatic N) is 3. The third-order valence-electron chi connectivity index (χ3n) is 5.64. The van der Waals surface area contributed by atoms with Gasteiger partial charge in [-0.25, -0.2) is 9.97 Å². The molecule has 1 aromatic carbocycles. The van der Waals surface area contributed by atoms with E-state index in [9.17, 15) is 4.79 Å². The number of H-pyrrole nitrogens is 1. The molecule has 5 rings (SSSR count). The van der Waals surface area contributed by atoms with Crippen LogP contribution in [0, 0.1) is 0 Å². The topological polar surface area (TPSA) is 95.2 Å². The van der Waals surface area contributed by atoms with Gasteiger partial charge in [0.05, 0.1) is 28.1 Å². The Morgan fingerprint density at radius 3 is 2.88 bits per heavy atom. The van der Waals surface area contributed by atoms with E-state index < -0.39 is 0 Å². The number of benzene rings is 1. The van der Waals surface area contributed by atoms with E-state index in [1.807, 2.05) is 42.5 Å². The number of rotatable bonds is 8. The summed E-state index contributed by atoms with van der Waals surface area (Å²) in [5.41, 5.74) is 3.09. The molecule has 1 aliphatic rings. The molecule has 0 bridgehead atoms. The van der Waals surface area contributed by atoms with Gasteiger partial charge in [-0.15, -0.1) is 11.3 Å². The van der Waals surface area contributed by atoms with Crippen molar-refractivity contribution in [2.75, 3.05) is 44.7 Å². The number of halogens is 1. The van der Waals surface area contributed by atoms with Crippen LogP contribution in [0.25, 0.3) is 21.5 Å². The second-order valence-electron chi connectivity index (χ2n) is 8.04. The first-order valence-electron chi connectivity index (χ1n) is 11.2. The van der Waals surface area contributed by atoms with E-state index in [-0.39, 0.29) is 5.91 Å². The van der Waals surface area contributed by atoms with Crippen molar-refractivity contribution in [1.29, 1.82) is 0 Å². The molecule has 1 aliphatic heterocycles. The van der Waals surface area contributed by atoms with Gasteiger partial charge in [0.25, 0.3) is 5.91 Å². The summed E-state index contributed by atoms with van der Waals surface area (Å²) in [4.78, 5) is 28.1. The highest BCUT2D eigenvalue weighted by Crippen LogP contribution is 2.30. The zero-order valence-corrected chi connectivity index (χ0v) is 20.1. The summed E-state index contributed by atoms with van der Waals surface area (Å²) in [6.07, 6.45) is 2.63. The summed E-state index contributed by atoms with van der Waals surface area (Å²) in [5.74, 6) is 0.397. The van der Waals surface area contributed by atoms with Gasteiger partial charge in [0.15, 0.2) is 0 Å². The molecule has 0 spiro atoms. The number of aromatic nitrogens is 3. The van der Waals surface area contributed by atoms with E-state index in [1.165, 1.54) is 11.3 Å². The Bertz CT molecular complexity index is 1280. The number of anilines is 2. The molecule has 0 aliphatic carbocycles. The van der Waals surface area contributed by atoms with Crippen LogP contribution in [-0.2, 0) is 4.74 Å². The van der Waals surface area contributed by atoms with Crippen molar-refractivity contribution in [3.63, 3.8) is 0 Å². The summed E-state index contributed by atoms with van der Waals surface area (Å²) < 4.78 is 6.09. The zero-order chi connectivity index (χ0) is 23.3. The van der Waals surface area contributed by atoms with E-state index >= 15 is 0 Å². The van der Waals surface area contributed by atoms with E-state index in [1.54, 1.807) is 6.20 Å². The molecule has 0 saturated carbocycles. The van der Waals surface area contributed by atoms with Gasteiger partial charge in [-0.05, 0) is 55.4 Å². The van der Waals surface area contributed by atoms with E-state index in [2.05, 4.69) is 30.5 Å². The van der Waals surface area contributed by atoms with Crippen molar-refractivity contribution >= 4 is 51.4 Å². The Morgan fingerprint density at radius 2 is 2.06 bits per heavy atom. The highest BCUT2D eigenvalue weighted by Gasteiger charge is 2.12. The minimum Gasteiger partial charge on any atom is -0.379 e. The summed E-state index contributed by atoms with van der Waals surface area (Å²) in [7, 11) is 0. The molecular weight excluding hydrogens is 472 g/mol. The second-order valence-corrected chi connectivity index (χ2v) is 9.76. The highest BCUT2D eigenvalue weighted by molar-refractivity contribution is 7.19. The molecule has 1 fully saturated rings. The minimum atomic E-state index is -0.0988. The van der Waals surface area contributed by atoms with Gasteiger partial charge in [0.2, 0.25) is 5.95 Å². The predicted octanol–water partition coefficient (Wildman–Crippen LogP) is 4.54. The molecule has 8 nitrogen and oxygen atoms in total. The monoisotopic (exact) mass is 496 g/mol. The number of morpholine rings is 1. The molecule has 4 heterocycles. The highest BCUT2D eigenvalue weighted by atomic mass is 35.5. The molecule has 0 radical (unpaired) electrons. The lowest BCUT2D eigenvalue weighted by molar-refractivity contribution is 0.0374.